The number of hydrogen-bond acceptors (Lipinski definition) is 4. The van der Waals surface area contributed by atoms with E-state index in [2.05, 4.69) is 47.8 Å². The molecule has 1 aromatic rings. The first kappa shape index (κ1) is 19.4. The Hall–Kier alpha value is -1.90. The summed E-state index contributed by atoms with van der Waals surface area (Å²) in [6, 6.07) is 3.60. The minimum absolute atomic E-state index is 0.138. The van der Waals surface area contributed by atoms with E-state index in [0.29, 0.717) is 12.2 Å². The number of aromatic nitrogens is 1. The Morgan fingerprint density at radius 1 is 1.36 bits per heavy atom. The summed E-state index contributed by atoms with van der Waals surface area (Å²) in [5, 5.41) is 2.94. The van der Waals surface area contributed by atoms with Gasteiger partial charge >= 0.3 is 0 Å². The number of carbonyl (C=O) groups excluding carboxylic acids is 1. The molecule has 136 valence electrons. The molecule has 1 saturated heterocycles. The SMILES string of the molecule is CC(C)(C)CC#Cc1ccnc(C(=O)NCCCN2CCOCC2)c1. The highest BCUT2D eigenvalue weighted by Gasteiger charge is 2.11. The van der Waals surface area contributed by atoms with Gasteiger partial charge in [0.05, 0.1) is 13.2 Å². The fraction of sp³-hybridized carbons (Fsp3) is 0.600. The van der Waals surface area contributed by atoms with Crippen LogP contribution in [0.25, 0.3) is 0 Å². The highest BCUT2D eigenvalue weighted by atomic mass is 16.5. The number of ether oxygens (including phenoxy) is 1. The van der Waals surface area contributed by atoms with Gasteiger partial charge in [0.2, 0.25) is 0 Å². The first-order chi connectivity index (χ1) is 11.9. The van der Waals surface area contributed by atoms with Gasteiger partial charge in [-0.3, -0.25) is 14.7 Å². The number of carbonyl (C=O) groups is 1. The van der Waals surface area contributed by atoms with E-state index in [-0.39, 0.29) is 11.3 Å². The molecular weight excluding hydrogens is 314 g/mol. The first-order valence-corrected chi connectivity index (χ1v) is 8.97. The number of rotatable bonds is 5. The van der Waals surface area contributed by atoms with Gasteiger partial charge < -0.3 is 10.1 Å². The average Bonchev–Trinajstić information content (AvgIpc) is 2.58. The maximum atomic E-state index is 12.2. The minimum Gasteiger partial charge on any atom is -0.379 e. The Bertz CT molecular complexity index is 620. The lowest BCUT2D eigenvalue weighted by atomic mass is 9.93. The van der Waals surface area contributed by atoms with Gasteiger partial charge in [0.15, 0.2) is 0 Å². The topological polar surface area (TPSA) is 54.5 Å². The van der Waals surface area contributed by atoms with Crippen LogP contribution in [-0.4, -0.2) is 55.2 Å². The number of hydrogen-bond donors (Lipinski definition) is 1. The van der Waals surface area contributed by atoms with E-state index in [4.69, 9.17) is 4.74 Å². The maximum Gasteiger partial charge on any atom is 0.269 e. The number of nitrogens with zero attached hydrogens (tertiary/aromatic N) is 2. The van der Waals surface area contributed by atoms with E-state index in [1.165, 1.54) is 0 Å². The van der Waals surface area contributed by atoms with Gasteiger partial charge in [0.25, 0.3) is 5.91 Å². The van der Waals surface area contributed by atoms with Crippen molar-refractivity contribution in [1.82, 2.24) is 15.2 Å². The van der Waals surface area contributed by atoms with Gasteiger partial charge in [-0.1, -0.05) is 32.6 Å². The van der Waals surface area contributed by atoms with Gasteiger partial charge in [0, 0.05) is 37.8 Å². The summed E-state index contributed by atoms with van der Waals surface area (Å²) in [6.45, 7) is 11.7. The van der Waals surface area contributed by atoms with Crippen molar-refractivity contribution in [1.29, 1.82) is 0 Å². The molecule has 2 rings (SSSR count). The normalized spacial score (nSPS) is 15.3. The molecule has 1 aliphatic heterocycles. The van der Waals surface area contributed by atoms with Crippen LogP contribution in [0.3, 0.4) is 0 Å². The third kappa shape index (κ3) is 7.68. The van der Waals surface area contributed by atoms with Crippen LogP contribution in [0.4, 0.5) is 0 Å². The minimum atomic E-state index is -0.138. The molecule has 1 aromatic heterocycles. The van der Waals surface area contributed by atoms with Crippen molar-refractivity contribution in [2.24, 2.45) is 5.41 Å². The molecule has 0 spiro atoms. The fourth-order valence-electron chi connectivity index (χ4n) is 2.46. The molecule has 5 heteroatoms. The molecule has 0 aliphatic carbocycles. The summed E-state index contributed by atoms with van der Waals surface area (Å²) in [7, 11) is 0. The van der Waals surface area contributed by atoms with Crippen LogP contribution in [-0.2, 0) is 4.74 Å². The van der Waals surface area contributed by atoms with Crippen molar-refractivity contribution in [2.45, 2.75) is 33.6 Å². The molecular formula is C20H29N3O2. The van der Waals surface area contributed by atoms with Crippen molar-refractivity contribution in [3.05, 3.63) is 29.6 Å². The molecule has 0 radical (unpaired) electrons. The molecule has 0 bridgehead atoms. The summed E-state index contributed by atoms with van der Waals surface area (Å²) in [6.07, 6.45) is 3.39. The van der Waals surface area contributed by atoms with Gasteiger partial charge in [-0.25, -0.2) is 0 Å². The largest absolute Gasteiger partial charge is 0.379 e. The van der Waals surface area contributed by atoms with Crippen LogP contribution < -0.4 is 5.32 Å². The van der Waals surface area contributed by atoms with E-state index in [9.17, 15) is 4.79 Å². The van der Waals surface area contributed by atoms with E-state index in [1.807, 2.05) is 6.07 Å². The Balaban J connectivity index is 1.78. The van der Waals surface area contributed by atoms with Gasteiger partial charge in [-0.05, 0) is 30.5 Å². The van der Waals surface area contributed by atoms with Crippen molar-refractivity contribution in [3.8, 4) is 11.8 Å². The van der Waals surface area contributed by atoms with Gasteiger partial charge in [-0.15, -0.1) is 0 Å². The Kier molecular flexibility index (Phi) is 7.42. The Labute approximate surface area is 151 Å². The smallest absolute Gasteiger partial charge is 0.269 e. The zero-order chi connectivity index (χ0) is 18.1. The molecule has 0 saturated carbocycles. The zero-order valence-electron chi connectivity index (χ0n) is 15.6. The third-order valence-corrected chi connectivity index (χ3v) is 3.88. The lowest BCUT2D eigenvalue weighted by molar-refractivity contribution is 0.0374. The quantitative estimate of drug-likeness (QED) is 0.658. The number of nitrogens with one attached hydrogen (secondary N) is 1. The molecule has 1 fully saturated rings. The number of amides is 1. The van der Waals surface area contributed by atoms with Crippen molar-refractivity contribution in [3.63, 3.8) is 0 Å². The highest BCUT2D eigenvalue weighted by molar-refractivity contribution is 5.92. The van der Waals surface area contributed by atoms with Gasteiger partial charge in [-0.2, -0.15) is 0 Å². The molecule has 0 atom stereocenters. The lowest BCUT2D eigenvalue weighted by Crippen LogP contribution is -2.38. The molecule has 25 heavy (non-hydrogen) atoms. The van der Waals surface area contributed by atoms with Gasteiger partial charge in [0.1, 0.15) is 5.69 Å². The fourth-order valence-corrected chi connectivity index (χ4v) is 2.46. The second kappa shape index (κ2) is 9.55. The van der Waals surface area contributed by atoms with Crippen molar-refractivity contribution >= 4 is 5.91 Å². The predicted octanol–water partition coefficient (Wildman–Crippen LogP) is 2.32. The van der Waals surface area contributed by atoms with Crippen molar-refractivity contribution < 1.29 is 9.53 Å². The number of pyridine rings is 1. The monoisotopic (exact) mass is 343 g/mol. The number of morpholine rings is 1. The summed E-state index contributed by atoms with van der Waals surface area (Å²) < 4.78 is 5.33. The zero-order valence-corrected chi connectivity index (χ0v) is 15.6. The second-order valence-electron chi connectivity index (χ2n) is 7.53. The van der Waals surface area contributed by atoms with E-state index >= 15 is 0 Å². The van der Waals surface area contributed by atoms with Crippen LogP contribution in [0.15, 0.2) is 18.3 Å². The second-order valence-corrected chi connectivity index (χ2v) is 7.53. The summed E-state index contributed by atoms with van der Waals surface area (Å²) >= 11 is 0. The average molecular weight is 343 g/mol. The molecule has 1 N–H and O–H groups in total. The summed E-state index contributed by atoms with van der Waals surface area (Å²) in [5.74, 6) is 6.15. The van der Waals surface area contributed by atoms with E-state index in [1.54, 1.807) is 12.3 Å². The molecule has 0 unspecified atom stereocenters. The molecule has 1 aliphatic rings. The van der Waals surface area contributed by atoms with Crippen molar-refractivity contribution in [2.75, 3.05) is 39.4 Å². The molecule has 2 heterocycles. The molecule has 0 aromatic carbocycles. The predicted molar refractivity (Wildman–Crippen MR) is 99.4 cm³/mol. The maximum absolute atomic E-state index is 12.2. The van der Waals surface area contributed by atoms with Crippen LogP contribution in [0, 0.1) is 17.3 Å². The summed E-state index contributed by atoms with van der Waals surface area (Å²) in [4.78, 5) is 18.7. The van der Waals surface area contributed by atoms with Crippen LogP contribution in [0.5, 0.6) is 0 Å². The third-order valence-electron chi connectivity index (χ3n) is 3.88. The molecule has 1 amide bonds. The van der Waals surface area contributed by atoms with Crippen LogP contribution >= 0.6 is 0 Å². The Morgan fingerprint density at radius 3 is 2.84 bits per heavy atom. The van der Waals surface area contributed by atoms with E-state index in [0.717, 1.165) is 51.3 Å². The highest BCUT2D eigenvalue weighted by Crippen LogP contribution is 2.17. The molecule has 5 nitrogen and oxygen atoms in total. The van der Waals surface area contributed by atoms with E-state index < -0.39 is 0 Å². The van der Waals surface area contributed by atoms with Crippen LogP contribution in [0.1, 0.15) is 49.7 Å². The first-order valence-electron chi connectivity index (χ1n) is 8.97. The standard InChI is InChI=1S/C20H29N3O2/c1-20(2,3)8-4-6-17-7-10-21-18(16-17)19(24)22-9-5-11-23-12-14-25-15-13-23/h7,10,16H,5,8-9,11-15H2,1-3H3,(H,22,24). The van der Waals surface area contributed by atoms with Crippen LogP contribution in [0.2, 0.25) is 0 Å². The lowest BCUT2D eigenvalue weighted by Gasteiger charge is -2.26. The summed E-state index contributed by atoms with van der Waals surface area (Å²) in [5.41, 5.74) is 1.44. The Morgan fingerprint density at radius 2 is 2.12 bits per heavy atom.